The number of nitrogens with two attached hydrogens (primary N) is 1. The Morgan fingerprint density at radius 2 is 0.624 bits per heavy atom. The molecule has 0 aromatic heterocycles. The van der Waals surface area contributed by atoms with Crippen molar-refractivity contribution in [3.8, 4) is 47.9 Å². The normalized spacial score (nSPS) is 13.0. The summed E-state index contributed by atoms with van der Waals surface area (Å²) in [5.41, 5.74) is 13.5. The molecule has 5 amide bonds. The largest absolute Gasteiger partial charge is 1.00 e. The van der Waals surface area contributed by atoms with Crippen molar-refractivity contribution >= 4 is 152 Å². The van der Waals surface area contributed by atoms with Crippen molar-refractivity contribution in [2.24, 2.45) is 20.9 Å². The molecule has 0 saturated carbocycles. The number of carbonyl (C=O) groups is 8. The zero-order valence-corrected chi connectivity index (χ0v) is 75.4. The van der Waals surface area contributed by atoms with Gasteiger partial charge in [0.05, 0.1) is 65.4 Å². The van der Waals surface area contributed by atoms with Gasteiger partial charge >= 0.3 is 43.9 Å². The van der Waals surface area contributed by atoms with E-state index in [1.807, 2.05) is 91.2 Å². The van der Waals surface area contributed by atoms with Crippen molar-refractivity contribution in [1.82, 2.24) is 26.7 Å². The number of benzene rings is 8. The Bertz CT molecular complexity index is 5130. The Labute approximate surface area is 777 Å². The summed E-state index contributed by atoms with van der Waals surface area (Å²) in [6, 6.07) is 53.8. The Hall–Kier alpha value is -11.6. The second-order valence-electron chi connectivity index (χ2n) is 26.1. The summed E-state index contributed by atoms with van der Waals surface area (Å²) in [4.78, 5) is 107. The van der Waals surface area contributed by atoms with Crippen molar-refractivity contribution in [1.29, 1.82) is 0 Å². The number of halogens is 3. The predicted octanol–water partition coefficient (Wildman–Crippen LogP) is 4.48. The number of rotatable bonds is 19. The molecule has 0 unspecified atom stereocenters. The average Bonchev–Trinajstić information content (AvgIpc) is 1.87. The molecule has 0 spiro atoms. The van der Waals surface area contributed by atoms with Crippen LogP contribution in [0.15, 0.2) is 233 Å². The first kappa shape index (κ1) is 108. The van der Waals surface area contributed by atoms with E-state index in [4.69, 9.17) is 26.9 Å². The van der Waals surface area contributed by atoms with Crippen molar-refractivity contribution < 1.29 is 118 Å². The van der Waals surface area contributed by atoms with Gasteiger partial charge in [0, 0.05) is 90.6 Å². The van der Waals surface area contributed by atoms with Gasteiger partial charge in [-0.15, -0.1) is 6.42 Å². The van der Waals surface area contributed by atoms with Crippen LogP contribution in [0.3, 0.4) is 0 Å². The van der Waals surface area contributed by atoms with E-state index >= 15 is 0 Å². The number of hydrogen-bond acceptors (Lipinski definition) is 24. The summed E-state index contributed by atoms with van der Waals surface area (Å²) in [5.74, 6) is 19.3. The molecule has 11 rings (SSSR count). The van der Waals surface area contributed by atoms with Gasteiger partial charge in [0.15, 0.2) is 18.1 Å². The number of aliphatic hydroxyl groups is 4. The number of hydroxylamine groups is 1. The van der Waals surface area contributed by atoms with Crippen LogP contribution < -0.4 is 51.5 Å². The van der Waals surface area contributed by atoms with Crippen molar-refractivity contribution in [3.63, 3.8) is 0 Å². The number of amides is 5. The smallest absolute Gasteiger partial charge is 0.870 e. The molecule has 3 heterocycles. The van der Waals surface area contributed by atoms with E-state index in [-0.39, 0.29) is 24.3 Å². The fraction of sp³-hybridized carbons (Fsp3) is 0.198. The number of ether oxygens (including phenoxy) is 3. The summed E-state index contributed by atoms with van der Waals surface area (Å²) in [6.07, 6.45) is 11.6. The van der Waals surface area contributed by atoms with Gasteiger partial charge in [0.25, 0.3) is 29.5 Å². The van der Waals surface area contributed by atoms with Gasteiger partial charge in [0.1, 0.15) is 6.04 Å². The number of nitrogens with one attached hydrogen (secondary N) is 5. The molecule has 8 aromatic rings. The van der Waals surface area contributed by atoms with Crippen LogP contribution >= 0.6 is 67.8 Å². The number of carbonyl (C=O) groups excluding carboxylic acids is 8. The molecule has 29 nitrogen and oxygen atoms in total. The monoisotopic (exact) mass is 2030 g/mol. The van der Waals surface area contributed by atoms with E-state index in [0.717, 1.165) is 48.1 Å². The second kappa shape index (κ2) is 57.8. The van der Waals surface area contributed by atoms with Crippen LogP contribution in [0.25, 0.3) is 11.1 Å². The molecule has 0 fully saturated rings. The van der Waals surface area contributed by atoms with Crippen LogP contribution in [0.2, 0.25) is 0 Å². The molecule has 3 aliphatic heterocycles. The van der Waals surface area contributed by atoms with Gasteiger partial charge < -0.3 is 76.6 Å². The van der Waals surface area contributed by atoms with E-state index in [9.17, 15) is 58.8 Å². The number of esters is 3. The van der Waals surface area contributed by atoms with Crippen LogP contribution in [-0.2, 0) is 33.4 Å². The van der Waals surface area contributed by atoms with Gasteiger partial charge in [-0.2, -0.15) is 0 Å². The maximum absolute atomic E-state index is 12.3. The fourth-order valence-corrected chi connectivity index (χ4v) is 11.3. The Balaban J connectivity index is 0.000000403. The number of aliphatic hydroxyl groups excluding tert-OH is 4. The minimum atomic E-state index is -1.32. The summed E-state index contributed by atoms with van der Waals surface area (Å²) in [6.45, 7) is 7.39. The molecule has 644 valence electrons. The Morgan fingerprint density at radius 3 is 0.832 bits per heavy atom. The van der Waals surface area contributed by atoms with Gasteiger partial charge in [0.2, 0.25) is 0 Å². The topological polar surface area (TPSA) is 479 Å². The summed E-state index contributed by atoms with van der Waals surface area (Å²) in [7, 11) is 2.26. The van der Waals surface area contributed by atoms with Crippen molar-refractivity contribution in [2.75, 3.05) is 41.0 Å². The second-order valence-corrected chi connectivity index (χ2v) is 29.8. The Kier molecular flexibility index (Phi) is 49.8. The number of terminal acetylenes is 1. The van der Waals surface area contributed by atoms with Crippen molar-refractivity contribution in [2.45, 2.75) is 76.3 Å². The maximum Gasteiger partial charge on any atom is 1.00 e. The SMILES string of the molecule is C#Cc1ccc(C(=O)N[C@H](C(=O)OC)[C@@H](C)O)cc1.COC(=O)[C@@H](NC(=O)c1ccc(C#Cc2ccc(C3=CC=NC3)cc2)cc1)[C@@H](C)O.COC(=O)[C@@H](NC(=O)c1ccc(C#Cc2ccc(I)cc2)cc1)[C@@H](C)O.C[C@@H](O)[C@H](NC(=O)c1ccc(C#Cc2ccc(C3=CC=NC3)cc2)cc1)C(=O)NO.Ic1ccc(I)cc1.NO.OB(O)C1=CC=NC1.[Li+].[OH-]. The number of aliphatic imine (C=N–C) groups is 3. The molecule has 8 aromatic carbocycles. The third kappa shape index (κ3) is 37.8. The maximum atomic E-state index is 12.3. The van der Waals surface area contributed by atoms with E-state index in [0.29, 0.717) is 52.9 Å². The summed E-state index contributed by atoms with van der Waals surface area (Å²) >= 11 is 6.82. The molecule has 125 heavy (non-hydrogen) atoms. The third-order valence-corrected chi connectivity index (χ3v) is 19.2. The van der Waals surface area contributed by atoms with Crippen LogP contribution in [0, 0.1) is 58.6 Å². The molecule has 0 aliphatic carbocycles. The van der Waals surface area contributed by atoms with Crippen LogP contribution in [0.4, 0.5) is 0 Å². The summed E-state index contributed by atoms with van der Waals surface area (Å²) in [5, 5.41) is 80.2. The molecule has 8 atom stereocenters. The first-order chi connectivity index (χ1) is 58.9. The van der Waals surface area contributed by atoms with E-state index in [1.54, 1.807) is 116 Å². The number of hydrogen-bond donors (Lipinski definition) is 14. The molecule has 16 N–H and O–H groups in total. The molecular formula is C91H90BI3LiN9O20. The van der Waals surface area contributed by atoms with E-state index in [2.05, 4.69) is 190 Å². The van der Waals surface area contributed by atoms with Gasteiger partial charge in [-0.1, -0.05) is 65.7 Å². The first-order valence-corrected chi connectivity index (χ1v) is 40.3. The molecule has 3 aliphatic rings. The van der Waals surface area contributed by atoms with Crippen LogP contribution in [-0.4, -0.2) is 209 Å². The predicted molar refractivity (Wildman–Crippen MR) is 495 cm³/mol. The minimum Gasteiger partial charge on any atom is -0.870 e. The molecule has 34 heteroatoms. The minimum absolute atomic E-state index is 0. The number of methoxy groups -OCH3 is 3. The zero-order chi connectivity index (χ0) is 90.5. The Morgan fingerprint density at radius 1 is 0.392 bits per heavy atom. The number of nitrogens with zero attached hydrogens (tertiary/aromatic N) is 3. The van der Waals surface area contributed by atoms with Gasteiger partial charge in [-0.05, 0) is 311 Å². The van der Waals surface area contributed by atoms with E-state index < -0.39 is 103 Å². The molecule has 0 saturated heterocycles. The summed E-state index contributed by atoms with van der Waals surface area (Å²) < 4.78 is 17.4. The standard InChI is InChI=1S/C24H22N2O4.C23H21N3O4.C20H18INO4.C14H15NO4.C6H4I2.C4H6BNO2.Li.H3NO.H2O/c1-16(27)22(24(29)30-2)26-23(28)20-11-7-18(8-12-20)4-3-17-5-9-19(10-6-17)21-13-14-25-15-21;1-15(27)21(23(29)26-30)25-22(28)19-10-6-17(7-11-19)3-2-16-4-8-18(9-5-16)20-12-13-24-14-20;1-13(23)18(20(25)26-2)22-19(24)16-9-5-14(6-10-16)3-4-15-7-11-17(21)12-8-15;1-4-10-5-7-11(8-6-10)13(17)15-12(9(2)16)14(18)19-3;7-5-1-2-6(8)4-3-5;7-5(8)4-1-2-6-3-4;;1-2;/h5-14,16,22,27H,15H2,1-2H3,(H,26,28);4-13,15,21,27,30H,14H2,1H3,(H,25,28)(H,26,29);5-13,18,23H,1-2H3,(H,22,24);1,5-9,12,16H,2-3H3,(H,15,17);1-4H;1-2,7-8H,3H2;;2H,1H2;1H2/q;;;;;;+1;;/p-1/t16-,22+;15-,21+;13-,18+;9-,12+;;;;;/m1111...../s1. The van der Waals surface area contributed by atoms with Gasteiger partial charge in [-0.3, -0.25) is 44.2 Å². The fourth-order valence-electron chi connectivity index (χ4n) is 10.2. The quantitative estimate of drug-likeness (QED) is 0.0101. The molecular weight excluding hydrogens is 1940 g/mol. The average molecular weight is 2030 g/mol. The third-order valence-electron chi connectivity index (χ3n) is 17.1. The van der Waals surface area contributed by atoms with Crippen LogP contribution in [0.5, 0.6) is 0 Å². The zero-order valence-electron chi connectivity index (χ0n) is 68.9. The van der Waals surface area contributed by atoms with Crippen LogP contribution in [0.1, 0.15) is 119 Å². The number of allylic oxidation sites excluding steroid dienone is 3. The molecule has 0 radical (unpaired) electrons. The first-order valence-electron chi connectivity index (χ1n) is 37.1. The van der Waals surface area contributed by atoms with Crippen molar-refractivity contribution in [3.05, 3.63) is 301 Å². The van der Waals surface area contributed by atoms with E-state index in [1.165, 1.54) is 72.8 Å². The molecule has 0 bridgehead atoms. The van der Waals surface area contributed by atoms with Gasteiger partial charge in [-0.25, -0.2) is 25.8 Å².